The standard InChI is InChI=1S/C16H13F3N2O4S/c1-9-15(22)20-13-8-10(6-7-14(13)25-9)26(23,24)21-12-5-3-2-4-11(12)16(17,18)19/h2-9,21H,1H3,(H,20,22). The summed E-state index contributed by atoms with van der Waals surface area (Å²) >= 11 is 0. The average molecular weight is 386 g/mol. The van der Waals surface area contributed by atoms with Crippen LogP contribution in [0.2, 0.25) is 0 Å². The number of anilines is 2. The van der Waals surface area contributed by atoms with E-state index in [4.69, 9.17) is 4.74 Å². The van der Waals surface area contributed by atoms with Crippen LogP contribution in [0.4, 0.5) is 24.5 Å². The highest BCUT2D eigenvalue weighted by Crippen LogP contribution is 2.36. The first kappa shape index (κ1) is 18.1. The molecule has 0 bridgehead atoms. The van der Waals surface area contributed by atoms with Crippen LogP contribution < -0.4 is 14.8 Å². The van der Waals surface area contributed by atoms with Gasteiger partial charge in [-0.2, -0.15) is 13.2 Å². The Balaban J connectivity index is 1.96. The highest BCUT2D eigenvalue weighted by atomic mass is 32.2. The lowest BCUT2D eigenvalue weighted by Gasteiger charge is -2.23. The van der Waals surface area contributed by atoms with Crippen LogP contribution >= 0.6 is 0 Å². The number of carbonyl (C=O) groups excluding carboxylic acids is 1. The number of sulfonamides is 1. The van der Waals surface area contributed by atoms with Crippen LogP contribution in [0.1, 0.15) is 12.5 Å². The van der Waals surface area contributed by atoms with Crippen LogP contribution in [0.3, 0.4) is 0 Å². The summed E-state index contributed by atoms with van der Waals surface area (Å²) in [5.74, 6) is -0.186. The van der Waals surface area contributed by atoms with E-state index in [9.17, 15) is 26.4 Å². The largest absolute Gasteiger partial charge is 0.479 e. The van der Waals surface area contributed by atoms with Gasteiger partial charge in [-0.3, -0.25) is 9.52 Å². The van der Waals surface area contributed by atoms with Crippen molar-refractivity contribution in [2.24, 2.45) is 0 Å². The van der Waals surface area contributed by atoms with Crippen molar-refractivity contribution in [2.75, 3.05) is 10.0 Å². The first-order valence-corrected chi connectivity index (χ1v) is 8.87. The van der Waals surface area contributed by atoms with Crippen molar-refractivity contribution < 1.29 is 31.1 Å². The third-order valence-electron chi connectivity index (χ3n) is 3.67. The molecule has 1 atom stereocenters. The maximum absolute atomic E-state index is 13.0. The van der Waals surface area contributed by atoms with Gasteiger partial charge >= 0.3 is 6.18 Å². The fourth-order valence-electron chi connectivity index (χ4n) is 2.38. The Morgan fingerprint density at radius 3 is 2.54 bits per heavy atom. The predicted molar refractivity (Wildman–Crippen MR) is 87.4 cm³/mol. The second kappa shape index (κ2) is 6.20. The minimum Gasteiger partial charge on any atom is -0.479 e. The summed E-state index contributed by atoms with van der Waals surface area (Å²) in [6.07, 6.45) is -5.45. The zero-order valence-electron chi connectivity index (χ0n) is 13.3. The molecule has 1 aliphatic rings. The van der Waals surface area contributed by atoms with E-state index in [1.807, 2.05) is 4.72 Å². The Hall–Kier alpha value is -2.75. The number of benzene rings is 2. The average Bonchev–Trinajstić information content (AvgIpc) is 2.54. The summed E-state index contributed by atoms with van der Waals surface area (Å²) < 4.78 is 71.3. The number of hydrogen-bond donors (Lipinski definition) is 2. The molecule has 26 heavy (non-hydrogen) atoms. The molecule has 1 unspecified atom stereocenters. The Bertz CT molecular complexity index is 974. The van der Waals surface area contributed by atoms with Gasteiger partial charge in [-0.25, -0.2) is 8.42 Å². The molecule has 0 aliphatic carbocycles. The number of alkyl halides is 3. The maximum atomic E-state index is 13.0. The highest BCUT2D eigenvalue weighted by molar-refractivity contribution is 7.92. The first-order valence-electron chi connectivity index (χ1n) is 7.38. The first-order chi connectivity index (χ1) is 12.1. The Kier molecular flexibility index (Phi) is 4.31. The van der Waals surface area contributed by atoms with Gasteiger partial charge < -0.3 is 10.1 Å². The lowest BCUT2D eigenvalue weighted by molar-refractivity contribution is -0.136. The zero-order valence-corrected chi connectivity index (χ0v) is 14.1. The third kappa shape index (κ3) is 3.45. The predicted octanol–water partition coefficient (Wildman–Crippen LogP) is 3.23. The van der Waals surface area contributed by atoms with E-state index >= 15 is 0 Å². The molecule has 0 spiro atoms. The van der Waals surface area contributed by atoms with Crippen molar-refractivity contribution in [2.45, 2.75) is 24.1 Å². The molecule has 6 nitrogen and oxygen atoms in total. The molecule has 1 amide bonds. The highest BCUT2D eigenvalue weighted by Gasteiger charge is 2.34. The summed E-state index contributed by atoms with van der Waals surface area (Å²) in [6.45, 7) is 1.53. The molecular formula is C16H13F3N2O4S. The molecule has 0 radical (unpaired) electrons. The summed E-state index contributed by atoms with van der Waals surface area (Å²) in [6, 6.07) is 7.88. The lowest BCUT2D eigenvalue weighted by atomic mass is 10.2. The number of rotatable bonds is 3. The van der Waals surface area contributed by atoms with Crippen LogP contribution in [0.25, 0.3) is 0 Å². The Morgan fingerprint density at radius 1 is 1.15 bits per heavy atom. The Labute approximate surface area is 147 Å². The smallest absolute Gasteiger partial charge is 0.418 e. The summed E-state index contributed by atoms with van der Waals surface area (Å²) in [7, 11) is -4.32. The van der Waals surface area contributed by atoms with Crippen molar-refractivity contribution in [3.63, 3.8) is 0 Å². The van der Waals surface area contributed by atoms with Crippen LogP contribution in [-0.2, 0) is 21.0 Å². The molecule has 0 saturated heterocycles. The van der Waals surface area contributed by atoms with Crippen LogP contribution in [0.15, 0.2) is 47.4 Å². The van der Waals surface area contributed by atoms with Gasteiger partial charge in [0, 0.05) is 0 Å². The molecule has 1 heterocycles. The SMILES string of the molecule is CC1Oc2ccc(S(=O)(=O)Nc3ccccc3C(F)(F)F)cc2NC1=O. The second-order valence-corrected chi connectivity index (χ2v) is 7.24. The van der Waals surface area contributed by atoms with E-state index in [1.165, 1.54) is 25.1 Å². The van der Waals surface area contributed by atoms with Gasteiger partial charge in [0.1, 0.15) is 5.75 Å². The number of nitrogens with one attached hydrogen (secondary N) is 2. The number of hydrogen-bond acceptors (Lipinski definition) is 4. The molecule has 0 saturated carbocycles. The molecule has 0 fully saturated rings. The van der Waals surface area contributed by atoms with Gasteiger partial charge in [-0.15, -0.1) is 0 Å². The van der Waals surface area contributed by atoms with E-state index in [0.717, 1.165) is 24.3 Å². The minimum atomic E-state index is -4.72. The van der Waals surface area contributed by atoms with Crippen molar-refractivity contribution in [1.82, 2.24) is 0 Å². The van der Waals surface area contributed by atoms with Gasteiger partial charge in [0.2, 0.25) is 0 Å². The maximum Gasteiger partial charge on any atom is 0.418 e. The molecule has 138 valence electrons. The normalized spacial score (nSPS) is 17.1. The Morgan fingerprint density at radius 2 is 1.85 bits per heavy atom. The number of ether oxygens (including phenoxy) is 1. The molecule has 10 heteroatoms. The van der Waals surface area contributed by atoms with Crippen molar-refractivity contribution >= 4 is 27.3 Å². The van der Waals surface area contributed by atoms with Gasteiger partial charge in [0.05, 0.1) is 21.8 Å². The monoisotopic (exact) mass is 386 g/mol. The number of amides is 1. The van der Waals surface area contributed by atoms with Crippen LogP contribution in [0.5, 0.6) is 5.75 Å². The number of fused-ring (bicyclic) bond motifs is 1. The van der Waals surface area contributed by atoms with Gasteiger partial charge in [0.25, 0.3) is 15.9 Å². The van der Waals surface area contributed by atoms with E-state index < -0.39 is 39.5 Å². The van der Waals surface area contributed by atoms with E-state index in [2.05, 4.69) is 5.32 Å². The van der Waals surface area contributed by atoms with Gasteiger partial charge in [0.15, 0.2) is 6.10 Å². The van der Waals surface area contributed by atoms with E-state index in [0.29, 0.717) is 0 Å². The van der Waals surface area contributed by atoms with Crippen LogP contribution in [-0.4, -0.2) is 20.4 Å². The molecule has 1 aliphatic heterocycles. The topological polar surface area (TPSA) is 84.5 Å². The van der Waals surface area contributed by atoms with Crippen LogP contribution in [0, 0.1) is 0 Å². The van der Waals surface area contributed by atoms with Crippen molar-refractivity contribution in [3.05, 3.63) is 48.0 Å². The summed E-state index contributed by atoms with van der Waals surface area (Å²) in [5, 5.41) is 2.49. The number of carbonyl (C=O) groups is 1. The van der Waals surface area contributed by atoms with Gasteiger partial charge in [-0.05, 0) is 37.3 Å². The molecule has 2 N–H and O–H groups in total. The third-order valence-corrected chi connectivity index (χ3v) is 5.03. The number of halogens is 3. The molecule has 3 rings (SSSR count). The fourth-order valence-corrected chi connectivity index (χ4v) is 3.48. The molecular weight excluding hydrogens is 373 g/mol. The van der Waals surface area contributed by atoms with E-state index in [1.54, 1.807) is 0 Å². The number of para-hydroxylation sites is 1. The van der Waals surface area contributed by atoms with E-state index in [-0.39, 0.29) is 16.3 Å². The second-order valence-electron chi connectivity index (χ2n) is 5.56. The quantitative estimate of drug-likeness (QED) is 0.848. The molecule has 0 aromatic heterocycles. The molecule has 2 aromatic carbocycles. The van der Waals surface area contributed by atoms with Crippen molar-refractivity contribution in [1.29, 1.82) is 0 Å². The van der Waals surface area contributed by atoms with Gasteiger partial charge in [-0.1, -0.05) is 12.1 Å². The zero-order chi connectivity index (χ0) is 19.1. The molecule has 2 aromatic rings. The summed E-state index contributed by atoms with van der Waals surface area (Å²) in [5.41, 5.74) is -1.57. The minimum absolute atomic E-state index is 0.125. The fraction of sp³-hybridized carbons (Fsp3) is 0.188. The summed E-state index contributed by atoms with van der Waals surface area (Å²) in [4.78, 5) is 11.3. The van der Waals surface area contributed by atoms with Crippen molar-refractivity contribution in [3.8, 4) is 5.75 Å². The lowest BCUT2D eigenvalue weighted by Crippen LogP contribution is -2.34.